The summed E-state index contributed by atoms with van der Waals surface area (Å²) in [5, 5.41) is 34.7. The number of hydrogen-bond donors (Lipinski definition) is 7. The number of ether oxygens (including phenoxy) is 2. The van der Waals surface area contributed by atoms with Crippen LogP contribution >= 0.6 is 69.3 Å². The number of carbonyl (C=O) groups is 6. The Hall–Kier alpha value is -8.06. The summed E-state index contributed by atoms with van der Waals surface area (Å²) in [6.07, 6.45) is 9.08. The first-order chi connectivity index (χ1) is 50.7. The second-order valence-corrected chi connectivity index (χ2v) is 30.2. The molecule has 0 saturated heterocycles. The van der Waals surface area contributed by atoms with Crippen molar-refractivity contribution in [1.82, 2.24) is 61.6 Å². The Morgan fingerprint density at radius 2 is 0.935 bits per heavy atom. The second-order valence-electron chi connectivity index (χ2n) is 26.5. The smallest absolute Gasteiger partial charge is 0.407 e. The van der Waals surface area contributed by atoms with Crippen LogP contribution in [0.25, 0.3) is 0 Å². The minimum Gasteiger partial charge on any atom is -0.444 e. The number of halogens is 1. The van der Waals surface area contributed by atoms with E-state index in [2.05, 4.69) is 91.7 Å². The number of rotatable bonds is 42. The van der Waals surface area contributed by atoms with E-state index in [9.17, 15) is 38.9 Å². The number of alkyl carbamates (subject to hydrolysis) is 2. The monoisotopic (exact) mass is 1820 g/mol. The summed E-state index contributed by atoms with van der Waals surface area (Å²) in [6, 6.07) is 37.0. The SMILES string of the molecule is CC(C)c1nc(CN(C)C(=O)N[C@@H](CCN)C(=O)C[C@@H](CC[C@@H](Cc2ccccc2)NC(=O)OCc2cncs2)Cc2ccccc2)cs1.CN/C(=C\[N+](=O)[O-])NCC[C@H](NC(=O)N(C)Cc1csc(C(C)C)n1)C(=O)C[C@@H](CC[C@@H](Cc1ccccc1)NC(=O)OCc1cncs1)Cc1ccccc1.I.[W]. The molecule has 6 amide bonds. The van der Waals surface area contributed by atoms with Crippen molar-refractivity contribution >= 4 is 105 Å². The number of thiazole rings is 4. The number of nitro groups is 1. The van der Waals surface area contributed by atoms with Gasteiger partial charge in [0.1, 0.15) is 13.2 Å². The van der Waals surface area contributed by atoms with Gasteiger partial charge in [-0.15, -0.1) is 69.3 Å². The van der Waals surface area contributed by atoms with Gasteiger partial charge in [0.25, 0.3) is 6.20 Å². The van der Waals surface area contributed by atoms with E-state index in [4.69, 9.17) is 15.2 Å². The van der Waals surface area contributed by atoms with Crippen LogP contribution in [0.3, 0.4) is 0 Å². The van der Waals surface area contributed by atoms with Crippen molar-refractivity contribution in [3.05, 3.63) is 231 Å². The Balaban J connectivity index is 0.000000380. The Morgan fingerprint density at radius 1 is 0.551 bits per heavy atom. The maximum atomic E-state index is 14.3. The van der Waals surface area contributed by atoms with Crippen LogP contribution in [-0.4, -0.2) is 129 Å². The van der Waals surface area contributed by atoms with Gasteiger partial charge in [0, 0.05) is 109 Å². The first-order valence-corrected chi connectivity index (χ1v) is 38.9. The van der Waals surface area contributed by atoms with Crippen LogP contribution in [0.15, 0.2) is 168 Å². The van der Waals surface area contributed by atoms with E-state index in [1.165, 1.54) is 27.6 Å². The Kier molecular flexibility index (Phi) is 41.1. The summed E-state index contributed by atoms with van der Waals surface area (Å²) in [5.41, 5.74) is 15.2. The molecule has 107 heavy (non-hydrogen) atoms. The maximum Gasteiger partial charge on any atom is 0.407 e. The van der Waals surface area contributed by atoms with Crippen molar-refractivity contribution in [2.75, 3.05) is 34.2 Å². The van der Waals surface area contributed by atoms with E-state index < -0.39 is 35.2 Å². The van der Waals surface area contributed by atoms with Crippen LogP contribution in [0.1, 0.15) is 144 Å². The molecule has 0 radical (unpaired) electrons. The number of ketones is 2. The number of aromatic nitrogens is 4. The van der Waals surface area contributed by atoms with Gasteiger partial charge in [-0.05, 0) is 105 Å². The van der Waals surface area contributed by atoms with Crippen molar-refractivity contribution in [3.8, 4) is 0 Å². The van der Waals surface area contributed by atoms with Crippen LogP contribution in [0, 0.1) is 22.0 Å². The molecule has 0 bridgehead atoms. The molecule has 30 heteroatoms. The quantitative estimate of drug-likeness (QED) is 0.0106. The van der Waals surface area contributed by atoms with E-state index in [1.807, 2.05) is 120 Å². The fraction of sp³-hybridized carbons (Fsp3) is 0.429. The molecule has 8 rings (SSSR count). The third kappa shape index (κ3) is 34.0. The van der Waals surface area contributed by atoms with Gasteiger partial charge >= 0.3 is 24.2 Å². The van der Waals surface area contributed by atoms with Crippen LogP contribution in [0.2, 0.25) is 0 Å². The molecule has 4 aromatic carbocycles. The largest absolute Gasteiger partial charge is 0.444 e. The topological polar surface area (TPSA) is 320 Å². The molecular weight excluding hydrogens is 1720 g/mol. The molecule has 0 unspecified atom stereocenters. The summed E-state index contributed by atoms with van der Waals surface area (Å²) in [7, 11) is 4.91. The minimum absolute atomic E-state index is 0. The molecule has 0 aliphatic carbocycles. The summed E-state index contributed by atoms with van der Waals surface area (Å²) in [6.45, 7) is 9.65. The Morgan fingerprint density at radius 3 is 1.27 bits per heavy atom. The Labute approximate surface area is 675 Å². The molecule has 6 atom stereocenters. The number of nitrogens with zero attached hydrogens (tertiary/aromatic N) is 7. The third-order valence-corrected chi connectivity index (χ3v) is 21.1. The number of benzene rings is 4. The molecule has 0 saturated carbocycles. The van der Waals surface area contributed by atoms with Crippen molar-refractivity contribution in [2.45, 2.75) is 167 Å². The predicted molar refractivity (Wildman–Crippen MR) is 430 cm³/mol. The second kappa shape index (κ2) is 49.1. The molecule has 576 valence electrons. The fourth-order valence-corrected chi connectivity index (χ4v) is 14.3. The average molecular weight is 1820 g/mol. The zero-order chi connectivity index (χ0) is 75.3. The van der Waals surface area contributed by atoms with Crippen LogP contribution in [-0.2, 0) is 92.1 Å². The zero-order valence-electron chi connectivity index (χ0n) is 61.7. The summed E-state index contributed by atoms with van der Waals surface area (Å²) in [4.78, 5) is 113. The first-order valence-electron chi connectivity index (χ1n) is 35.4. The van der Waals surface area contributed by atoms with Gasteiger partial charge in [-0.3, -0.25) is 29.7 Å². The van der Waals surface area contributed by atoms with Gasteiger partial charge in [0.15, 0.2) is 17.4 Å². The predicted octanol–water partition coefficient (Wildman–Crippen LogP) is 14.0. The van der Waals surface area contributed by atoms with Crippen molar-refractivity contribution in [1.29, 1.82) is 0 Å². The van der Waals surface area contributed by atoms with Crippen LogP contribution < -0.4 is 37.6 Å². The molecule has 0 aliphatic rings. The number of Topliss-reactive ketones (excluding diaryl/α,β-unsaturated/α-hetero) is 2. The average Bonchev–Trinajstić information content (AvgIpc) is 1.79. The molecule has 0 aliphatic heterocycles. The van der Waals surface area contributed by atoms with Crippen LogP contribution in [0.5, 0.6) is 0 Å². The molecule has 8 aromatic rings. The van der Waals surface area contributed by atoms with E-state index in [1.54, 1.807) is 72.1 Å². The van der Waals surface area contributed by atoms with Crippen molar-refractivity contribution in [2.24, 2.45) is 17.6 Å². The molecular formula is C77H101IN14O10S4W. The van der Waals surface area contributed by atoms with E-state index >= 15 is 0 Å². The first kappa shape index (κ1) is 89.6. The number of carbonyl (C=O) groups excluding carboxylic acids is 6. The van der Waals surface area contributed by atoms with Gasteiger partial charge in [0.2, 0.25) is 0 Å². The number of nitrogens with one attached hydrogen (secondary N) is 6. The van der Waals surface area contributed by atoms with Gasteiger partial charge in [-0.25, -0.2) is 29.1 Å². The van der Waals surface area contributed by atoms with E-state index in [0.717, 1.165) is 59.6 Å². The van der Waals surface area contributed by atoms with E-state index in [0.29, 0.717) is 70.3 Å². The van der Waals surface area contributed by atoms with Crippen molar-refractivity contribution < 1.29 is 64.2 Å². The standard InChI is InChI=1S/C40H52N8O6S2.C37H48N6O4S2.HI.W/c1-28(2)38-44-33(26-55-38)23-47(4)39(50)46-35(17-18-43-37(41-3)24-48(52)53)36(49)21-31(19-29-11-7-5-8-12-29)15-16-32(20-30-13-9-6-10-14-30)45-40(51)54-25-34-22-42-27-56-34;1-26(2)35-40-31(24-48-35)22-43(3)36(45)42-33(16-17-38)34(44)20-29(18-27-10-6-4-7-11-27)14-15-30(19-28-12-8-5-9-13-28)41-37(46)47-23-32-21-39-25-49-32;;/h5-14,22,24,26-28,31-32,35,41,43H,15-21,23,25H2,1-4H3,(H,45,51)(H,46,50);4-13,21,24-26,29-30,33H,14-20,22-23,38H2,1-3H3,(H,41,46)(H,42,45);1H;/b37-24+;;;/t31-,32-,35-;29-,30-,33-;;/m00../s1. The molecule has 24 nitrogen and oxygen atoms in total. The summed E-state index contributed by atoms with van der Waals surface area (Å²) < 4.78 is 11.0. The maximum absolute atomic E-state index is 14.3. The molecule has 4 heterocycles. The molecule has 4 aromatic heterocycles. The normalized spacial score (nSPS) is 12.7. The minimum atomic E-state index is -0.883. The molecule has 0 spiro atoms. The summed E-state index contributed by atoms with van der Waals surface area (Å²) in [5.74, 6) is 0.397. The fourth-order valence-electron chi connectivity index (χ4n) is 11.7. The van der Waals surface area contributed by atoms with Crippen molar-refractivity contribution in [3.63, 3.8) is 0 Å². The van der Waals surface area contributed by atoms with Gasteiger partial charge < -0.3 is 56.9 Å². The zero-order valence-corrected chi connectivity index (χ0v) is 70.2. The van der Waals surface area contributed by atoms with Crippen LogP contribution in [0.4, 0.5) is 19.2 Å². The summed E-state index contributed by atoms with van der Waals surface area (Å²) >= 11 is 5.97. The number of amides is 6. The number of nitrogens with two attached hydrogens (primary N) is 1. The van der Waals surface area contributed by atoms with Gasteiger partial charge in [0.05, 0.1) is 72.3 Å². The van der Waals surface area contributed by atoms with E-state index in [-0.39, 0.29) is 150 Å². The Bertz CT molecular complexity index is 3920. The number of hydrogen-bond acceptors (Lipinski definition) is 21. The van der Waals surface area contributed by atoms with Gasteiger partial charge in [-0.2, -0.15) is 0 Å². The molecule has 8 N–H and O–H groups in total. The number of urea groups is 2. The van der Waals surface area contributed by atoms with Gasteiger partial charge in [-0.1, -0.05) is 149 Å². The third-order valence-electron chi connectivity index (χ3n) is 17.2. The molecule has 0 fully saturated rings.